The number of nitrogens with two attached hydrogens (primary N) is 1. The molecule has 0 saturated carbocycles. The summed E-state index contributed by atoms with van der Waals surface area (Å²) in [6.45, 7) is 5.19. The van der Waals surface area contributed by atoms with Crippen LogP contribution in [0.15, 0.2) is 24.3 Å². The Bertz CT molecular complexity index is 334. The molecule has 0 aromatic heterocycles. The van der Waals surface area contributed by atoms with Crippen LogP contribution in [0.3, 0.4) is 0 Å². The Morgan fingerprint density at radius 2 is 1.50 bits per heavy atom. The van der Waals surface area contributed by atoms with Gasteiger partial charge in [-0.15, -0.1) is 0 Å². The highest BCUT2D eigenvalue weighted by Gasteiger charge is 2.02. The van der Waals surface area contributed by atoms with E-state index in [0.29, 0.717) is 0 Å². The van der Waals surface area contributed by atoms with Gasteiger partial charge in [0, 0.05) is 6.04 Å². The molecule has 0 radical (unpaired) electrons. The van der Waals surface area contributed by atoms with E-state index >= 15 is 0 Å². The second kappa shape index (κ2) is 10.7. The van der Waals surface area contributed by atoms with Crippen molar-refractivity contribution in [2.24, 2.45) is 5.73 Å². The summed E-state index contributed by atoms with van der Waals surface area (Å²) in [5, 5.41) is 0. The minimum atomic E-state index is 0.146. The zero-order valence-corrected chi connectivity index (χ0v) is 13.2. The van der Waals surface area contributed by atoms with Crippen molar-refractivity contribution in [2.45, 2.75) is 71.3 Å². The minimum Gasteiger partial charge on any atom is -0.494 e. The summed E-state index contributed by atoms with van der Waals surface area (Å²) < 4.78 is 5.76. The Balaban J connectivity index is 2.10. The summed E-state index contributed by atoms with van der Waals surface area (Å²) >= 11 is 0. The van der Waals surface area contributed by atoms with E-state index in [-0.39, 0.29) is 6.04 Å². The Morgan fingerprint density at radius 3 is 2.10 bits per heavy atom. The Morgan fingerprint density at radius 1 is 0.900 bits per heavy atom. The molecule has 0 aliphatic carbocycles. The van der Waals surface area contributed by atoms with Crippen molar-refractivity contribution in [3.8, 4) is 5.75 Å². The van der Waals surface area contributed by atoms with Crippen molar-refractivity contribution in [3.63, 3.8) is 0 Å². The van der Waals surface area contributed by atoms with Crippen LogP contribution in [0.4, 0.5) is 0 Å². The average Bonchev–Trinajstić information content (AvgIpc) is 2.50. The molecule has 1 rings (SSSR count). The Labute approximate surface area is 124 Å². The van der Waals surface area contributed by atoms with Gasteiger partial charge in [-0.25, -0.2) is 0 Å². The molecule has 2 heteroatoms. The molecular weight excluding hydrogens is 246 g/mol. The number of hydrogen-bond donors (Lipinski definition) is 1. The molecule has 0 spiro atoms. The molecule has 2 N–H and O–H groups in total. The van der Waals surface area contributed by atoms with Crippen LogP contribution in [0.2, 0.25) is 0 Å². The fourth-order valence-corrected chi connectivity index (χ4v) is 2.30. The standard InChI is InChI=1S/C18H31NO/c1-3-5-6-7-8-9-10-15-20-17-13-11-16(12-14-17)18(19)4-2/h11-14,18H,3-10,15,19H2,1-2H3/t18-/m0/s1. The maximum atomic E-state index is 5.99. The van der Waals surface area contributed by atoms with E-state index in [1.54, 1.807) is 0 Å². The van der Waals surface area contributed by atoms with Crippen molar-refractivity contribution >= 4 is 0 Å². The molecule has 1 aromatic rings. The van der Waals surface area contributed by atoms with Crippen molar-refractivity contribution < 1.29 is 4.74 Å². The van der Waals surface area contributed by atoms with Gasteiger partial charge >= 0.3 is 0 Å². The predicted octanol–water partition coefficient (Wildman–Crippen LogP) is 5.23. The topological polar surface area (TPSA) is 35.2 Å². The molecule has 0 unspecified atom stereocenters. The number of rotatable bonds is 11. The molecule has 0 bridgehead atoms. The molecule has 0 heterocycles. The van der Waals surface area contributed by atoms with Gasteiger partial charge in [-0.05, 0) is 30.5 Å². The zero-order valence-electron chi connectivity index (χ0n) is 13.2. The van der Waals surface area contributed by atoms with E-state index < -0.39 is 0 Å². The van der Waals surface area contributed by atoms with Gasteiger partial charge in [0.2, 0.25) is 0 Å². The summed E-state index contributed by atoms with van der Waals surface area (Å²) in [4.78, 5) is 0. The highest BCUT2D eigenvalue weighted by molar-refractivity contribution is 5.28. The summed E-state index contributed by atoms with van der Waals surface area (Å²) in [7, 11) is 0. The third kappa shape index (κ3) is 6.95. The summed E-state index contributed by atoms with van der Waals surface area (Å²) in [5.41, 5.74) is 7.18. The van der Waals surface area contributed by atoms with E-state index in [1.807, 2.05) is 12.1 Å². The van der Waals surface area contributed by atoms with Crippen molar-refractivity contribution in [1.82, 2.24) is 0 Å². The minimum absolute atomic E-state index is 0.146. The SMILES string of the molecule is CCCCCCCCCOc1ccc([C@@H](N)CC)cc1. The highest BCUT2D eigenvalue weighted by Crippen LogP contribution is 2.18. The Hall–Kier alpha value is -1.02. The largest absolute Gasteiger partial charge is 0.494 e. The second-order valence-electron chi connectivity index (χ2n) is 5.55. The van der Waals surface area contributed by atoms with E-state index in [4.69, 9.17) is 10.5 Å². The third-order valence-electron chi connectivity index (χ3n) is 3.76. The van der Waals surface area contributed by atoms with E-state index in [9.17, 15) is 0 Å². The predicted molar refractivity (Wildman–Crippen MR) is 87.1 cm³/mol. The lowest BCUT2D eigenvalue weighted by molar-refractivity contribution is 0.304. The van der Waals surface area contributed by atoms with Gasteiger partial charge in [-0.2, -0.15) is 0 Å². The summed E-state index contributed by atoms with van der Waals surface area (Å²) in [6.07, 6.45) is 10.2. The summed E-state index contributed by atoms with van der Waals surface area (Å²) in [5.74, 6) is 0.961. The van der Waals surface area contributed by atoms with Crippen molar-refractivity contribution in [1.29, 1.82) is 0 Å². The molecule has 1 aromatic carbocycles. The molecule has 0 aliphatic rings. The van der Waals surface area contributed by atoms with Gasteiger partial charge in [-0.1, -0.05) is 64.5 Å². The van der Waals surface area contributed by atoms with Gasteiger partial charge in [0.05, 0.1) is 6.61 Å². The van der Waals surface area contributed by atoms with E-state index in [1.165, 1.54) is 44.1 Å². The molecule has 2 nitrogen and oxygen atoms in total. The molecule has 0 aliphatic heterocycles. The zero-order chi connectivity index (χ0) is 14.6. The maximum Gasteiger partial charge on any atom is 0.119 e. The van der Waals surface area contributed by atoms with Crippen LogP contribution in [-0.4, -0.2) is 6.61 Å². The molecule has 0 saturated heterocycles. The van der Waals surface area contributed by atoms with E-state index in [0.717, 1.165) is 25.2 Å². The van der Waals surface area contributed by atoms with Gasteiger partial charge in [-0.3, -0.25) is 0 Å². The van der Waals surface area contributed by atoms with Crippen molar-refractivity contribution in [3.05, 3.63) is 29.8 Å². The van der Waals surface area contributed by atoms with Crippen molar-refractivity contribution in [2.75, 3.05) is 6.61 Å². The fourth-order valence-electron chi connectivity index (χ4n) is 2.30. The van der Waals surface area contributed by atoms with Gasteiger partial charge < -0.3 is 10.5 Å². The van der Waals surface area contributed by atoms with Gasteiger partial charge in [0.25, 0.3) is 0 Å². The summed E-state index contributed by atoms with van der Waals surface area (Å²) in [6, 6.07) is 8.37. The molecule has 0 fully saturated rings. The van der Waals surface area contributed by atoms with Crippen LogP contribution in [0.1, 0.15) is 76.8 Å². The van der Waals surface area contributed by atoms with Crippen LogP contribution in [0.25, 0.3) is 0 Å². The second-order valence-corrected chi connectivity index (χ2v) is 5.55. The molecule has 1 atom stereocenters. The normalized spacial score (nSPS) is 12.3. The molecule has 114 valence electrons. The van der Waals surface area contributed by atoms with Crippen LogP contribution in [0.5, 0.6) is 5.75 Å². The first kappa shape index (κ1) is 17.0. The first-order valence-electron chi connectivity index (χ1n) is 8.26. The third-order valence-corrected chi connectivity index (χ3v) is 3.76. The lowest BCUT2D eigenvalue weighted by atomic mass is 10.1. The quantitative estimate of drug-likeness (QED) is 0.562. The lowest BCUT2D eigenvalue weighted by Crippen LogP contribution is -2.08. The van der Waals surface area contributed by atoms with Crippen LogP contribution in [0, 0.1) is 0 Å². The number of unbranched alkanes of at least 4 members (excludes halogenated alkanes) is 6. The maximum absolute atomic E-state index is 5.99. The number of benzene rings is 1. The fraction of sp³-hybridized carbons (Fsp3) is 0.667. The molecule has 20 heavy (non-hydrogen) atoms. The van der Waals surface area contributed by atoms with Crippen LogP contribution >= 0.6 is 0 Å². The molecule has 0 amide bonds. The monoisotopic (exact) mass is 277 g/mol. The highest BCUT2D eigenvalue weighted by atomic mass is 16.5. The van der Waals surface area contributed by atoms with E-state index in [2.05, 4.69) is 26.0 Å². The average molecular weight is 277 g/mol. The Kier molecular flexibility index (Phi) is 9.14. The van der Waals surface area contributed by atoms with Crippen LogP contribution < -0.4 is 10.5 Å². The molecular formula is C18H31NO. The van der Waals surface area contributed by atoms with Gasteiger partial charge in [0.1, 0.15) is 5.75 Å². The first-order valence-corrected chi connectivity index (χ1v) is 8.26. The first-order chi connectivity index (χ1) is 9.77. The van der Waals surface area contributed by atoms with Crippen LogP contribution in [-0.2, 0) is 0 Å². The smallest absolute Gasteiger partial charge is 0.119 e. The number of ether oxygens (including phenoxy) is 1. The van der Waals surface area contributed by atoms with Gasteiger partial charge in [0.15, 0.2) is 0 Å². The number of hydrogen-bond acceptors (Lipinski definition) is 2. The lowest BCUT2D eigenvalue weighted by Gasteiger charge is -2.10.